The highest BCUT2D eigenvalue weighted by molar-refractivity contribution is 5.84. The Morgan fingerprint density at radius 3 is 2.24 bits per heavy atom. The average Bonchev–Trinajstić information content (AvgIpc) is 3.21. The van der Waals surface area contributed by atoms with E-state index in [1.165, 1.54) is 45.7 Å². The smallest absolute Gasteiger partial charge is 0.230 e. The van der Waals surface area contributed by atoms with Crippen molar-refractivity contribution in [3.8, 4) is 0 Å². The molecule has 2 aliphatic rings. The molecule has 0 atom stereocenters. The molecule has 0 unspecified atom stereocenters. The third kappa shape index (κ3) is 7.45. The summed E-state index contributed by atoms with van der Waals surface area (Å²) < 4.78 is 0. The molecule has 2 N–H and O–H groups in total. The van der Waals surface area contributed by atoms with Crippen molar-refractivity contribution in [1.29, 1.82) is 0 Å². The van der Waals surface area contributed by atoms with Crippen molar-refractivity contribution < 1.29 is 4.79 Å². The van der Waals surface area contributed by atoms with E-state index in [1.54, 1.807) is 4.90 Å². The summed E-state index contributed by atoms with van der Waals surface area (Å²) in [4.78, 5) is 24.4. The molecule has 29 heavy (non-hydrogen) atoms. The van der Waals surface area contributed by atoms with Gasteiger partial charge in [-0.25, -0.2) is 0 Å². The number of hydrogen-bond donors (Lipinski definition) is 2. The van der Waals surface area contributed by atoms with Crippen LogP contribution in [0.15, 0.2) is 4.99 Å². The molecule has 1 amide bonds. The summed E-state index contributed by atoms with van der Waals surface area (Å²) in [6.45, 7) is 13.9. The summed E-state index contributed by atoms with van der Waals surface area (Å²) in [7, 11) is 3.72. The number of nitrogens with one attached hydrogen (secondary N) is 2. The van der Waals surface area contributed by atoms with Crippen LogP contribution in [-0.4, -0.2) is 99.6 Å². The third-order valence-corrected chi connectivity index (χ3v) is 6.41. The molecule has 2 rings (SSSR count). The van der Waals surface area contributed by atoms with Gasteiger partial charge in [0.15, 0.2) is 5.96 Å². The van der Waals surface area contributed by atoms with Gasteiger partial charge in [0.25, 0.3) is 0 Å². The van der Waals surface area contributed by atoms with Crippen LogP contribution in [-0.2, 0) is 4.79 Å². The van der Waals surface area contributed by atoms with E-state index in [2.05, 4.69) is 34.3 Å². The van der Waals surface area contributed by atoms with E-state index in [9.17, 15) is 4.79 Å². The van der Waals surface area contributed by atoms with Crippen molar-refractivity contribution in [1.82, 2.24) is 25.3 Å². The molecular weight excluding hydrogens is 364 g/mol. The van der Waals surface area contributed by atoms with Gasteiger partial charge < -0.3 is 25.3 Å². The summed E-state index contributed by atoms with van der Waals surface area (Å²) >= 11 is 0. The van der Waals surface area contributed by atoms with Crippen LogP contribution in [0.25, 0.3) is 0 Å². The van der Waals surface area contributed by atoms with Crippen molar-refractivity contribution in [2.45, 2.75) is 52.4 Å². The molecule has 0 radical (unpaired) electrons. The molecule has 1 heterocycles. The predicted octanol–water partition coefficient (Wildman–Crippen LogP) is 1.61. The number of guanidine groups is 1. The molecule has 1 aliphatic heterocycles. The Labute approximate surface area is 178 Å². The van der Waals surface area contributed by atoms with Crippen LogP contribution < -0.4 is 10.6 Å². The zero-order valence-corrected chi connectivity index (χ0v) is 19.3. The van der Waals surface area contributed by atoms with Crippen LogP contribution in [0.2, 0.25) is 0 Å². The van der Waals surface area contributed by atoms with E-state index >= 15 is 0 Å². The maximum atomic E-state index is 12.7. The van der Waals surface area contributed by atoms with E-state index in [0.29, 0.717) is 6.54 Å². The minimum Gasteiger partial charge on any atom is -0.357 e. The average molecular weight is 409 g/mol. The fourth-order valence-corrected chi connectivity index (χ4v) is 4.53. The highest BCUT2D eigenvalue weighted by Gasteiger charge is 2.42. The SMILES string of the molecule is CCNC(=NCC1(C(=O)N(C)C)CCCC1)NCCCCN1CCN(CC)CC1. The number of carbonyl (C=O) groups is 1. The number of aliphatic imine (C=N–C) groups is 1. The lowest BCUT2D eigenvalue weighted by Crippen LogP contribution is -2.46. The minimum absolute atomic E-state index is 0.234. The van der Waals surface area contributed by atoms with Crippen LogP contribution in [0.3, 0.4) is 0 Å². The maximum Gasteiger partial charge on any atom is 0.230 e. The number of nitrogens with zero attached hydrogens (tertiary/aromatic N) is 4. The lowest BCUT2D eigenvalue weighted by molar-refractivity contribution is -0.138. The Morgan fingerprint density at radius 1 is 1.00 bits per heavy atom. The number of piperazine rings is 1. The zero-order valence-electron chi connectivity index (χ0n) is 19.3. The standard InChI is InChI=1S/C22H44N6O/c1-5-23-21(25-19-22(11-7-8-12-22)20(29)26(3)4)24-13-9-10-14-28-17-15-27(6-2)16-18-28/h5-19H2,1-4H3,(H2,23,24,25). The van der Waals surface area contributed by atoms with E-state index in [-0.39, 0.29) is 11.3 Å². The van der Waals surface area contributed by atoms with Gasteiger partial charge in [0, 0.05) is 53.4 Å². The second-order valence-corrected chi connectivity index (χ2v) is 8.79. The molecule has 1 saturated carbocycles. The van der Waals surface area contributed by atoms with Gasteiger partial charge in [0.2, 0.25) is 5.91 Å². The van der Waals surface area contributed by atoms with Crippen molar-refractivity contribution in [2.75, 3.05) is 73.0 Å². The summed E-state index contributed by atoms with van der Waals surface area (Å²) in [5.41, 5.74) is -0.299. The Balaban J connectivity index is 1.74. The van der Waals surface area contributed by atoms with Gasteiger partial charge >= 0.3 is 0 Å². The second-order valence-electron chi connectivity index (χ2n) is 8.79. The molecule has 7 heteroatoms. The number of unbranched alkanes of at least 4 members (excludes halogenated alkanes) is 1. The van der Waals surface area contributed by atoms with Crippen LogP contribution in [0.1, 0.15) is 52.4 Å². The highest BCUT2D eigenvalue weighted by Crippen LogP contribution is 2.39. The molecule has 0 aromatic heterocycles. The first-order valence-corrected chi connectivity index (χ1v) is 11.7. The highest BCUT2D eigenvalue weighted by atomic mass is 16.2. The van der Waals surface area contributed by atoms with E-state index in [4.69, 9.17) is 4.99 Å². The third-order valence-electron chi connectivity index (χ3n) is 6.41. The fourth-order valence-electron chi connectivity index (χ4n) is 4.53. The zero-order chi connectivity index (χ0) is 21.1. The predicted molar refractivity (Wildman–Crippen MR) is 121 cm³/mol. The Morgan fingerprint density at radius 2 is 1.66 bits per heavy atom. The van der Waals surface area contributed by atoms with E-state index in [0.717, 1.165) is 51.2 Å². The van der Waals surface area contributed by atoms with Gasteiger partial charge in [-0.2, -0.15) is 0 Å². The summed E-state index contributed by atoms with van der Waals surface area (Å²) in [5.74, 6) is 1.08. The molecule has 1 aliphatic carbocycles. The van der Waals surface area contributed by atoms with Crippen LogP contribution in [0, 0.1) is 5.41 Å². The molecule has 2 fully saturated rings. The first-order chi connectivity index (χ1) is 14.0. The molecular formula is C22H44N6O. The molecule has 1 saturated heterocycles. The Hall–Kier alpha value is -1.34. The van der Waals surface area contributed by atoms with Crippen molar-refractivity contribution in [3.63, 3.8) is 0 Å². The number of hydrogen-bond acceptors (Lipinski definition) is 4. The van der Waals surface area contributed by atoms with E-state index in [1.807, 2.05) is 14.1 Å². The van der Waals surface area contributed by atoms with Gasteiger partial charge in [-0.15, -0.1) is 0 Å². The molecule has 0 aromatic rings. The van der Waals surface area contributed by atoms with E-state index < -0.39 is 0 Å². The Kier molecular flexibility index (Phi) is 10.2. The number of rotatable bonds is 10. The van der Waals surface area contributed by atoms with Crippen LogP contribution in [0.5, 0.6) is 0 Å². The van der Waals surface area contributed by atoms with Gasteiger partial charge in [-0.1, -0.05) is 19.8 Å². The number of amides is 1. The van der Waals surface area contributed by atoms with Gasteiger partial charge in [0.05, 0.1) is 12.0 Å². The normalized spacial score (nSPS) is 20.6. The van der Waals surface area contributed by atoms with Gasteiger partial charge in [0.1, 0.15) is 0 Å². The topological polar surface area (TPSA) is 63.2 Å². The summed E-state index contributed by atoms with van der Waals surface area (Å²) in [6.07, 6.45) is 6.52. The van der Waals surface area contributed by atoms with Gasteiger partial charge in [-0.05, 0) is 45.7 Å². The number of carbonyl (C=O) groups excluding carboxylic acids is 1. The van der Waals surface area contributed by atoms with Crippen molar-refractivity contribution in [3.05, 3.63) is 0 Å². The number of likely N-dealkylation sites (N-methyl/N-ethyl adjacent to an activating group) is 1. The van der Waals surface area contributed by atoms with Crippen molar-refractivity contribution in [2.24, 2.45) is 10.4 Å². The lowest BCUT2D eigenvalue weighted by atomic mass is 9.85. The van der Waals surface area contributed by atoms with Crippen LogP contribution in [0.4, 0.5) is 0 Å². The molecule has 0 aromatic carbocycles. The van der Waals surface area contributed by atoms with Crippen molar-refractivity contribution >= 4 is 11.9 Å². The minimum atomic E-state index is -0.299. The quantitative estimate of drug-likeness (QED) is 0.327. The second kappa shape index (κ2) is 12.4. The molecule has 0 bridgehead atoms. The first kappa shape index (κ1) is 23.9. The molecule has 168 valence electrons. The largest absolute Gasteiger partial charge is 0.357 e. The molecule has 7 nitrogen and oxygen atoms in total. The molecule has 0 spiro atoms. The monoisotopic (exact) mass is 408 g/mol. The van der Waals surface area contributed by atoms with Gasteiger partial charge in [-0.3, -0.25) is 9.79 Å². The first-order valence-electron chi connectivity index (χ1n) is 11.7. The Bertz CT molecular complexity index is 507. The fraction of sp³-hybridized carbons (Fsp3) is 0.909. The summed E-state index contributed by atoms with van der Waals surface area (Å²) in [6, 6.07) is 0. The van der Waals surface area contributed by atoms with Crippen LogP contribution >= 0.6 is 0 Å². The maximum absolute atomic E-state index is 12.7. The lowest BCUT2D eigenvalue weighted by Gasteiger charge is -2.34. The summed E-state index contributed by atoms with van der Waals surface area (Å²) in [5, 5.41) is 6.81.